The molecule has 1 atom stereocenters. The zero-order valence-electron chi connectivity index (χ0n) is 18.7. The van der Waals surface area contributed by atoms with Crippen LogP contribution in [0.4, 0.5) is 5.69 Å². The molecule has 3 N–H and O–H groups in total. The van der Waals surface area contributed by atoms with Crippen molar-refractivity contribution in [1.29, 1.82) is 0 Å². The summed E-state index contributed by atoms with van der Waals surface area (Å²) in [4.78, 5) is 16.7. The maximum absolute atomic E-state index is 11.9. The molecule has 1 aliphatic carbocycles. The first kappa shape index (κ1) is 22.6. The highest BCUT2D eigenvalue weighted by atomic mass is 16.5. The van der Waals surface area contributed by atoms with Gasteiger partial charge in [-0.05, 0) is 68.5 Å². The molecule has 2 aromatic carbocycles. The maximum atomic E-state index is 11.9. The number of hydrogen-bond donors (Lipinski definition) is 2. The molecule has 0 radical (unpaired) electrons. The minimum atomic E-state index is -0.110. The summed E-state index contributed by atoms with van der Waals surface area (Å²) in [5, 5.41) is 3.04. The van der Waals surface area contributed by atoms with E-state index in [1.807, 2.05) is 51.1 Å². The molecule has 1 unspecified atom stereocenters. The van der Waals surface area contributed by atoms with Crippen LogP contribution in [0.1, 0.15) is 55.5 Å². The Kier molecular flexibility index (Phi) is 7.13. The van der Waals surface area contributed by atoms with E-state index in [0.29, 0.717) is 17.1 Å². The lowest BCUT2D eigenvalue weighted by Gasteiger charge is -2.15. The number of aliphatic imine (C=N–C) groups is 1. The van der Waals surface area contributed by atoms with E-state index in [4.69, 9.17) is 20.2 Å². The van der Waals surface area contributed by atoms with Gasteiger partial charge in [-0.25, -0.2) is 0 Å². The number of benzene rings is 2. The number of nitrogen functional groups attached to an aromatic ring is 1. The standard InChI is InChI=1S/C25H31N3O3/c1-15(2)31-24-12-9-18(13-22(24)26)16(3)27-17(4)19-7-6-8-21-20(19)10-11-23(21)28-25(29)14-30-5/h6-9,12-13,15,23H,4,10-11,14,26H2,1-3,5H3,(H,28,29)/b27-16+. The molecule has 0 saturated heterocycles. The fraction of sp³-hybridized carbons (Fsp3) is 0.360. The van der Waals surface area contributed by atoms with Crippen LogP contribution in [0.25, 0.3) is 5.70 Å². The molecule has 1 amide bonds. The van der Waals surface area contributed by atoms with Crippen molar-refractivity contribution in [3.63, 3.8) is 0 Å². The molecule has 6 heteroatoms. The van der Waals surface area contributed by atoms with Gasteiger partial charge in [0.15, 0.2) is 0 Å². The summed E-state index contributed by atoms with van der Waals surface area (Å²) in [6.07, 6.45) is 1.78. The SMILES string of the molecule is C=C(/N=C(\C)c1ccc(OC(C)C)c(N)c1)c1cccc2c1CCC2NC(=O)COC. The molecule has 31 heavy (non-hydrogen) atoms. The monoisotopic (exact) mass is 421 g/mol. The number of fused-ring (bicyclic) bond motifs is 1. The van der Waals surface area contributed by atoms with Gasteiger partial charge in [0.25, 0.3) is 0 Å². The van der Waals surface area contributed by atoms with Crippen LogP contribution in [-0.2, 0) is 16.0 Å². The average Bonchev–Trinajstić information content (AvgIpc) is 3.12. The lowest BCUT2D eigenvalue weighted by Crippen LogP contribution is -2.30. The van der Waals surface area contributed by atoms with Gasteiger partial charge in [0.1, 0.15) is 12.4 Å². The fourth-order valence-corrected chi connectivity index (χ4v) is 3.90. The van der Waals surface area contributed by atoms with Gasteiger partial charge < -0.3 is 20.5 Å². The predicted octanol–water partition coefficient (Wildman–Crippen LogP) is 4.29. The Morgan fingerprint density at radius 1 is 1.32 bits per heavy atom. The van der Waals surface area contributed by atoms with E-state index in [1.54, 1.807) is 0 Å². The van der Waals surface area contributed by atoms with Crippen molar-refractivity contribution in [1.82, 2.24) is 5.32 Å². The number of carbonyl (C=O) groups is 1. The number of hydrogen-bond acceptors (Lipinski definition) is 5. The molecule has 0 fully saturated rings. The second-order valence-corrected chi connectivity index (χ2v) is 8.03. The van der Waals surface area contributed by atoms with Gasteiger partial charge in [-0.3, -0.25) is 9.79 Å². The number of nitrogens with one attached hydrogen (secondary N) is 1. The van der Waals surface area contributed by atoms with Crippen LogP contribution in [0, 0.1) is 0 Å². The van der Waals surface area contributed by atoms with E-state index in [0.717, 1.165) is 35.2 Å². The Morgan fingerprint density at radius 2 is 2.10 bits per heavy atom. The Morgan fingerprint density at radius 3 is 2.77 bits per heavy atom. The number of nitrogens with zero attached hydrogens (tertiary/aromatic N) is 1. The average molecular weight is 422 g/mol. The molecule has 0 saturated carbocycles. The number of nitrogens with two attached hydrogens (primary N) is 1. The number of amides is 1. The molecule has 164 valence electrons. The van der Waals surface area contributed by atoms with Gasteiger partial charge in [-0.1, -0.05) is 24.8 Å². The molecule has 0 bridgehead atoms. The molecule has 1 aliphatic rings. The van der Waals surface area contributed by atoms with Gasteiger partial charge in [-0.15, -0.1) is 0 Å². The van der Waals surface area contributed by atoms with Crippen molar-refractivity contribution in [3.8, 4) is 5.75 Å². The van der Waals surface area contributed by atoms with Crippen molar-refractivity contribution in [3.05, 3.63) is 65.2 Å². The number of ether oxygens (including phenoxy) is 2. The third-order valence-electron chi connectivity index (χ3n) is 5.29. The second kappa shape index (κ2) is 9.79. The highest BCUT2D eigenvalue weighted by Crippen LogP contribution is 2.36. The molecule has 0 heterocycles. The van der Waals surface area contributed by atoms with Crippen molar-refractivity contribution in [2.24, 2.45) is 4.99 Å². The first-order valence-electron chi connectivity index (χ1n) is 10.5. The minimum absolute atomic E-state index is 0.0104. The molecule has 0 spiro atoms. The summed E-state index contributed by atoms with van der Waals surface area (Å²) < 4.78 is 10.6. The normalized spacial score (nSPS) is 15.6. The zero-order valence-corrected chi connectivity index (χ0v) is 18.7. The van der Waals surface area contributed by atoms with Crippen LogP contribution < -0.4 is 15.8 Å². The topological polar surface area (TPSA) is 85.9 Å². The molecule has 2 aromatic rings. The third-order valence-corrected chi connectivity index (χ3v) is 5.29. The highest BCUT2D eigenvalue weighted by Gasteiger charge is 2.26. The summed E-state index contributed by atoms with van der Waals surface area (Å²) >= 11 is 0. The minimum Gasteiger partial charge on any atom is -0.489 e. The number of methoxy groups -OCH3 is 1. The first-order valence-corrected chi connectivity index (χ1v) is 10.5. The molecular formula is C25H31N3O3. The van der Waals surface area contributed by atoms with Crippen LogP contribution in [-0.4, -0.2) is 31.4 Å². The van der Waals surface area contributed by atoms with E-state index < -0.39 is 0 Å². The van der Waals surface area contributed by atoms with E-state index in [1.165, 1.54) is 12.7 Å². The van der Waals surface area contributed by atoms with Crippen LogP contribution in [0.3, 0.4) is 0 Å². The van der Waals surface area contributed by atoms with Crippen LogP contribution >= 0.6 is 0 Å². The van der Waals surface area contributed by atoms with Gasteiger partial charge in [0.2, 0.25) is 5.91 Å². The van der Waals surface area contributed by atoms with E-state index in [-0.39, 0.29) is 24.7 Å². The zero-order chi connectivity index (χ0) is 22.5. The quantitative estimate of drug-likeness (QED) is 0.492. The summed E-state index contributed by atoms with van der Waals surface area (Å²) in [5.74, 6) is 0.564. The summed E-state index contributed by atoms with van der Waals surface area (Å²) in [6, 6.07) is 11.8. The third kappa shape index (κ3) is 5.33. The lowest BCUT2D eigenvalue weighted by molar-refractivity contribution is -0.125. The second-order valence-electron chi connectivity index (χ2n) is 8.03. The first-order chi connectivity index (χ1) is 14.8. The molecule has 3 rings (SSSR count). The van der Waals surface area contributed by atoms with Gasteiger partial charge in [0, 0.05) is 18.4 Å². The highest BCUT2D eigenvalue weighted by molar-refractivity contribution is 6.02. The predicted molar refractivity (Wildman–Crippen MR) is 125 cm³/mol. The van der Waals surface area contributed by atoms with Gasteiger partial charge in [-0.2, -0.15) is 0 Å². The van der Waals surface area contributed by atoms with E-state index in [9.17, 15) is 4.79 Å². The summed E-state index contributed by atoms with van der Waals surface area (Å²) in [5.41, 5.74) is 12.5. The van der Waals surface area contributed by atoms with Gasteiger partial charge in [0.05, 0.1) is 23.5 Å². The van der Waals surface area contributed by atoms with E-state index in [2.05, 4.69) is 18.0 Å². The van der Waals surface area contributed by atoms with Gasteiger partial charge >= 0.3 is 0 Å². The fourth-order valence-electron chi connectivity index (χ4n) is 3.90. The lowest BCUT2D eigenvalue weighted by atomic mass is 10.00. The number of rotatable bonds is 8. The largest absolute Gasteiger partial charge is 0.489 e. The number of anilines is 1. The smallest absolute Gasteiger partial charge is 0.246 e. The molecule has 0 aromatic heterocycles. The van der Waals surface area contributed by atoms with Crippen LogP contribution in [0.5, 0.6) is 5.75 Å². The Hall–Kier alpha value is -3.12. The Balaban J connectivity index is 1.81. The van der Waals surface area contributed by atoms with Crippen molar-refractivity contribution in [2.45, 2.75) is 45.8 Å². The maximum Gasteiger partial charge on any atom is 0.246 e. The molecule has 6 nitrogen and oxygen atoms in total. The number of carbonyl (C=O) groups excluding carboxylic acids is 1. The van der Waals surface area contributed by atoms with E-state index >= 15 is 0 Å². The molecule has 0 aliphatic heterocycles. The van der Waals surface area contributed by atoms with Crippen molar-refractivity contribution in [2.75, 3.05) is 19.5 Å². The summed E-state index contributed by atoms with van der Waals surface area (Å²) in [6.45, 7) is 10.2. The summed E-state index contributed by atoms with van der Waals surface area (Å²) in [7, 11) is 1.52. The van der Waals surface area contributed by atoms with Crippen molar-refractivity contribution < 1.29 is 14.3 Å². The van der Waals surface area contributed by atoms with Crippen LogP contribution in [0.15, 0.2) is 48.0 Å². The van der Waals surface area contributed by atoms with Crippen molar-refractivity contribution >= 4 is 23.0 Å². The molecular weight excluding hydrogens is 390 g/mol. The van der Waals surface area contributed by atoms with Crippen LogP contribution in [0.2, 0.25) is 0 Å². The Labute approximate surface area is 184 Å². The Bertz CT molecular complexity index is 1010.